The zero-order valence-electron chi connectivity index (χ0n) is 13.5. The number of rotatable bonds is 4. The van der Waals surface area contributed by atoms with E-state index in [-0.39, 0.29) is 18.3 Å². The number of ether oxygens (including phenoxy) is 1. The molecule has 0 atom stereocenters. The van der Waals surface area contributed by atoms with Gasteiger partial charge in [-0.05, 0) is 22.3 Å². The van der Waals surface area contributed by atoms with Crippen LogP contribution in [0.1, 0.15) is 17.0 Å². The van der Waals surface area contributed by atoms with Crippen LogP contribution in [0.4, 0.5) is 4.79 Å². The minimum atomic E-state index is -1.67. The normalized spacial score (nSPS) is 12.5. The molecule has 0 saturated heterocycles. The summed E-state index contributed by atoms with van der Waals surface area (Å²) in [6.07, 6.45) is -1.67. The molecule has 7 heteroatoms. The number of aromatic nitrogens is 1. The van der Waals surface area contributed by atoms with Gasteiger partial charge in [-0.3, -0.25) is 4.84 Å². The van der Waals surface area contributed by atoms with Gasteiger partial charge in [0.25, 0.3) is 5.88 Å². The van der Waals surface area contributed by atoms with E-state index in [1.807, 2.05) is 36.4 Å². The van der Waals surface area contributed by atoms with Gasteiger partial charge < -0.3 is 20.1 Å². The van der Waals surface area contributed by atoms with Crippen LogP contribution >= 0.6 is 0 Å². The van der Waals surface area contributed by atoms with E-state index in [1.165, 1.54) is 0 Å². The molecule has 7 nitrogen and oxygen atoms in total. The molecule has 0 saturated carbocycles. The SMILES string of the molecule is O=C(O)On1c(O)cc(OCC2c3ccccc3-c3ccccc32)c1O. The van der Waals surface area contributed by atoms with E-state index in [0.29, 0.717) is 4.73 Å². The number of hydrogen-bond donors (Lipinski definition) is 3. The summed E-state index contributed by atoms with van der Waals surface area (Å²) in [5.74, 6) is -1.31. The number of aromatic hydroxyl groups is 2. The first-order valence-electron chi connectivity index (χ1n) is 7.92. The molecule has 3 aromatic rings. The molecule has 1 aliphatic rings. The Kier molecular flexibility index (Phi) is 3.69. The molecule has 0 amide bonds. The zero-order chi connectivity index (χ0) is 18.3. The second-order valence-electron chi connectivity index (χ2n) is 5.88. The highest BCUT2D eigenvalue weighted by atomic mass is 16.8. The van der Waals surface area contributed by atoms with Gasteiger partial charge in [-0.1, -0.05) is 53.3 Å². The Bertz CT molecular complexity index is 948. The molecule has 0 aliphatic heterocycles. The fourth-order valence-corrected chi connectivity index (χ4v) is 3.34. The predicted octanol–water partition coefficient (Wildman–Crippen LogP) is 3.20. The number of carboxylic acid groups (broad SMARTS) is 1. The second kappa shape index (κ2) is 6.03. The summed E-state index contributed by atoms with van der Waals surface area (Å²) in [5, 5.41) is 28.4. The molecular formula is C19H15NO6. The summed E-state index contributed by atoms with van der Waals surface area (Å²) < 4.78 is 6.06. The molecule has 0 fully saturated rings. The van der Waals surface area contributed by atoms with Gasteiger partial charge in [0.15, 0.2) is 5.75 Å². The van der Waals surface area contributed by atoms with Crippen LogP contribution < -0.4 is 9.57 Å². The maximum atomic E-state index is 10.6. The predicted molar refractivity (Wildman–Crippen MR) is 91.6 cm³/mol. The molecular weight excluding hydrogens is 338 g/mol. The van der Waals surface area contributed by atoms with Crippen LogP contribution in [0.25, 0.3) is 11.1 Å². The van der Waals surface area contributed by atoms with Crippen molar-refractivity contribution in [3.8, 4) is 28.6 Å². The third kappa shape index (κ3) is 2.50. The Balaban J connectivity index is 1.62. The first-order valence-corrected chi connectivity index (χ1v) is 7.92. The highest BCUT2D eigenvalue weighted by molar-refractivity contribution is 5.78. The van der Waals surface area contributed by atoms with Crippen LogP contribution in [-0.2, 0) is 0 Å². The monoisotopic (exact) mass is 353 g/mol. The lowest BCUT2D eigenvalue weighted by Crippen LogP contribution is -2.16. The largest absolute Gasteiger partial charge is 0.531 e. The first kappa shape index (κ1) is 15.9. The van der Waals surface area contributed by atoms with Gasteiger partial charge in [-0.25, -0.2) is 4.79 Å². The molecule has 26 heavy (non-hydrogen) atoms. The van der Waals surface area contributed by atoms with Crippen molar-refractivity contribution in [2.45, 2.75) is 5.92 Å². The minimum Gasteiger partial charge on any atom is -0.492 e. The van der Waals surface area contributed by atoms with Crippen LogP contribution in [0.3, 0.4) is 0 Å². The van der Waals surface area contributed by atoms with Crippen LogP contribution in [0, 0.1) is 0 Å². The van der Waals surface area contributed by atoms with Gasteiger partial charge in [-0.15, -0.1) is 0 Å². The number of nitrogens with zero attached hydrogens (tertiary/aromatic N) is 1. The van der Waals surface area contributed by atoms with E-state index in [0.717, 1.165) is 28.3 Å². The van der Waals surface area contributed by atoms with E-state index < -0.39 is 17.9 Å². The molecule has 0 unspecified atom stereocenters. The smallest absolute Gasteiger partial charge is 0.492 e. The minimum absolute atomic E-state index is 0.0484. The van der Waals surface area contributed by atoms with Gasteiger partial charge in [0.2, 0.25) is 5.88 Å². The second-order valence-corrected chi connectivity index (χ2v) is 5.88. The molecule has 4 rings (SSSR count). The van der Waals surface area contributed by atoms with Crippen molar-refractivity contribution in [1.82, 2.24) is 4.73 Å². The Morgan fingerprint density at radius 1 is 1.00 bits per heavy atom. The van der Waals surface area contributed by atoms with Gasteiger partial charge in [0.05, 0.1) is 6.61 Å². The Hall–Kier alpha value is -3.61. The molecule has 0 bridgehead atoms. The summed E-state index contributed by atoms with van der Waals surface area (Å²) in [7, 11) is 0. The van der Waals surface area contributed by atoms with Gasteiger partial charge in [0, 0.05) is 12.0 Å². The van der Waals surface area contributed by atoms with E-state index in [2.05, 4.69) is 17.0 Å². The summed E-state index contributed by atoms with van der Waals surface area (Å²) in [6.45, 7) is 0.206. The number of carbonyl (C=O) groups is 1. The van der Waals surface area contributed by atoms with Crippen molar-refractivity contribution in [2.24, 2.45) is 0 Å². The van der Waals surface area contributed by atoms with Crippen molar-refractivity contribution >= 4 is 6.16 Å². The van der Waals surface area contributed by atoms with Crippen LogP contribution in [0.15, 0.2) is 54.6 Å². The number of fused-ring (bicyclic) bond motifs is 3. The molecule has 3 N–H and O–H groups in total. The summed E-state index contributed by atoms with van der Waals surface area (Å²) in [6, 6.07) is 17.1. The molecule has 0 spiro atoms. The Morgan fingerprint density at radius 3 is 2.15 bits per heavy atom. The van der Waals surface area contributed by atoms with Gasteiger partial charge >= 0.3 is 6.16 Å². The van der Waals surface area contributed by atoms with E-state index >= 15 is 0 Å². The average Bonchev–Trinajstić information content (AvgIpc) is 3.09. The molecule has 1 aliphatic carbocycles. The lowest BCUT2D eigenvalue weighted by molar-refractivity contribution is 0.0635. The lowest BCUT2D eigenvalue weighted by atomic mass is 9.98. The summed E-state index contributed by atoms with van der Waals surface area (Å²) in [4.78, 5) is 14.9. The average molecular weight is 353 g/mol. The fourth-order valence-electron chi connectivity index (χ4n) is 3.34. The molecule has 2 aromatic carbocycles. The maximum absolute atomic E-state index is 10.6. The fraction of sp³-hybridized carbons (Fsp3) is 0.105. The third-order valence-electron chi connectivity index (χ3n) is 4.42. The Labute approximate surface area is 148 Å². The maximum Gasteiger partial charge on any atom is 0.531 e. The summed E-state index contributed by atoms with van der Waals surface area (Å²) in [5.41, 5.74) is 4.49. The Morgan fingerprint density at radius 2 is 1.58 bits per heavy atom. The van der Waals surface area contributed by atoms with Crippen molar-refractivity contribution in [1.29, 1.82) is 0 Å². The van der Waals surface area contributed by atoms with Crippen LogP contribution in [0.2, 0.25) is 0 Å². The van der Waals surface area contributed by atoms with Crippen molar-refractivity contribution in [3.05, 3.63) is 65.7 Å². The number of hydrogen-bond acceptors (Lipinski definition) is 5. The summed E-state index contributed by atoms with van der Waals surface area (Å²) >= 11 is 0. The van der Waals surface area contributed by atoms with Crippen molar-refractivity contribution < 1.29 is 29.7 Å². The lowest BCUT2D eigenvalue weighted by Gasteiger charge is -2.14. The van der Waals surface area contributed by atoms with Gasteiger partial charge in [0.1, 0.15) is 0 Å². The first-order chi connectivity index (χ1) is 12.6. The third-order valence-corrected chi connectivity index (χ3v) is 4.42. The van der Waals surface area contributed by atoms with E-state index in [9.17, 15) is 15.0 Å². The van der Waals surface area contributed by atoms with Crippen LogP contribution in [-0.4, -0.2) is 32.8 Å². The topological polar surface area (TPSA) is 101 Å². The highest BCUT2D eigenvalue weighted by Gasteiger charge is 2.29. The molecule has 0 radical (unpaired) electrons. The molecule has 132 valence electrons. The van der Waals surface area contributed by atoms with E-state index in [1.54, 1.807) is 0 Å². The van der Waals surface area contributed by atoms with E-state index in [4.69, 9.17) is 9.84 Å². The van der Waals surface area contributed by atoms with Gasteiger partial charge in [-0.2, -0.15) is 0 Å². The number of benzene rings is 2. The standard InChI is InChI=1S/C19H15NO6/c21-17-9-16(18(22)20(17)26-19(23)24)25-10-15-13-7-3-1-5-11(13)12-6-2-4-8-14(12)15/h1-9,15,21-22H,10H2,(H,23,24). The highest BCUT2D eigenvalue weighted by Crippen LogP contribution is 2.45. The molecule has 1 aromatic heterocycles. The van der Waals surface area contributed by atoms with Crippen LogP contribution in [0.5, 0.6) is 17.5 Å². The molecule has 1 heterocycles. The quantitative estimate of drug-likeness (QED) is 0.666. The zero-order valence-corrected chi connectivity index (χ0v) is 13.5. The van der Waals surface area contributed by atoms with Crippen molar-refractivity contribution in [2.75, 3.05) is 6.61 Å². The van der Waals surface area contributed by atoms with Crippen molar-refractivity contribution in [3.63, 3.8) is 0 Å².